The van der Waals surface area contributed by atoms with Crippen molar-refractivity contribution in [3.05, 3.63) is 59.4 Å². The van der Waals surface area contributed by atoms with Crippen molar-refractivity contribution in [3.8, 4) is 5.75 Å². The standard InChI is InChI=1S/C15H15FN2OS/c16-13-9-11(15(17)20)3-6-14(13)18-8-7-10-1-4-12(19)5-2-10/h1-6,9,18-19H,7-8H2,(H2,17,20). The highest BCUT2D eigenvalue weighted by Crippen LogP contribution is 2.16. The van der Waals surface area contributed by atoms with Gasteiger partial charge in [-0.05, 0) is 42.3 Å². The van der Waals surface area contributed by atoms with Crippen molar-refractivity contribution in [1.82, 2.24) is 0 Å². The van der Waals surface area contributed by atoms with Crippen LogP contribution in [-0.4, -0.2) is 16.6 Å². The summed E-state index contributed by atoms with van der Waals surface area (Å²) < 4.78 is 13.8. The summed E-state index contributed by atoms with van der Waals surface area (Å²) in [6.45, 7) is 0.591. The van der Waals surface area contributed by atoms with Gasteiger partial charge in [0.05, 0.1) is 5.69 Å². The zero-order chi connectivity index (χ0) is 14.5. The van der Waals surface area contributed by atoms with E-state index in [0.717, 1.165) is 12.0 Å². The van der Waals surface area contributed by atoms with E-state index in [2.05, 4.69) is 5.32 Å². The summed E-state index contributed by atoms with van der Waals surface area (Å²) in [4.78, 5) is 0.180. The maximum atomic E-state index is 13.8. The summed E-state index contributed by atoms with van der Waals surface area (Å²) >= 11 is 4.80. The molecule has 2 aromatic carbocycles. The molecular formula is C15H15FN2OS. The minimum absolute atomic E-state index is 0.180. The number of benzene rings is 2. The lowest BCUT2D eigenvalue weighted by Crippen LogP contribution is -2.11. The van der Waals surface area contributed by atoms with E-state index in [-0.39, 0.29) is 16.6 Å². The Morgan fingerprint density at radius 1 is 1.20 bits per heavy atom. The number of nitrogens with two attached hydrogens (primary N) is 1. The second-order valence-corrected chi connectivity index (χ2v) is 4.84. The number of anilines is 1. The molecule has 0 aliphatic rings. The van der Waals surface area contributed by atoms with Gasteiger partial charge in [0, 0.05) is 12.1 Å². The molecular weight excluding hydrogens is 275 g/mol. The van der Waals surface area contributed by atoms with Crippen molar-refractivity contribution in [1.29, 1.82) is 0 Å². The molecule has 0 saturated carbocycles. The van der Waals surface area contributed by atoms with Crippen molar-refractivity contribution in [3.63, 3.8) is 0 Å². The first-order chi connectivity index (χ1) is 9.56. The lowest BCUT2D eigenvalue weighted by Gasteiger charge is -2.09. The van der Waals surface area contributed by atoms with Crippen LogP contribution in [0.1, 0.15) is 11.1 Å². The second kappa shape index (κ2) is 6.34. The van der Waals surface area contributed by atoms with Gasteiger partial charge >= 0.3 is 0 Å². The van der Waals surface area contributed by atoms with Gasteiger partial charge in [-0.25, -0.2) is 4.39 Å². The highest BCUT2D eigenvalue weighted by molar-refractivity contribution is 7.80. The van der Waals surface area contributed by atoms with E-state index in [4.69, 9.17) is 18.0 Å². The number of hydrogen-bond donors (Lipinski definition) is 3. The fourth-order valence-electron chi connectivity index (χ4n) is 1.82. The molecule has 0 fully saturated rings. The molecule has 0 radical (unpaired) electrons. The molecule has 0 aliphatic carbocycles. The fraction of sp³-hybridized carbons (Fsp3) is 0.133. The Bertz CT molecular complexity index is 614. The van der Waals surface area contributed by atoms with Crippen LogP contribution in [0.25, 0.3) is 0 Å². The van der Waals surface area contributed by atoms with Crippen LogP contribution in [0.2, 0.25) is 0 Å². The van der Waals surface area contributed by atoms with Crippen molar-refractivity contribution in [2.75, 3.05) is 11.9 Å². The van der Waals surface area contributed by atoms with E-state index in [1.807, 2.05) is 12.1 Å². The summed E-state index contributed by atoms with van der Waals surface area (Å²) in [6, 6.07) is 11.6. The average Bonchev–Trinajstić information content (AvgIpc) is 2.42. The first kappa shape index (κ1) is 14.3. The van der Waals surface area contributed by atoms with E-state index < -0.39 is 0 Å². The van der Waals surface area contributed by atoms with Crippen LogP contribution in [-0.2, 0) is 6.42 Å². The van der Waals surface area contributed by atoms with Gasteiger partial charge in [-0.1, -0.05) is 24.4 Å². The minimum atomic E-state index is -0.374. The van der Waals surface area contributed by atoms with Gasteiger partial charge in [-0.2, -0.15) is 0 Å². The number of phenolic OH excluding ortho intramolecular Hbond substituents is 1. The normalized spacial score (nSPS) is 10.2. The Labute approximate surface area is 122 Å². The Hall–Kier alpha value is -2.14. The molecule has 5 heteroatoms. The van der Waals surface area contributed by atoms with Crippen LogP contribution in [0, 0.1) is 5.82 Å². The third-order valence-electron chi connectivity index (χ3n) is 2.92. The maximum Gasteiger partial charge on any atom is 0.146 e. The third kappa shape index (κ3) is 3.68. The molecule has 0 spiro atoms. The van der Waals surface area contributed by atoms with Crippen molar-refractivity contribution in [2.45, 2.75) is 6.42 Å². The highest BCUT2D eigenvalue weighted by atomic mass is 32.1. The van der Waals surface area contributed by atoms with Crippen LogP contribution in [0.3, 0.4) is 0 Å². The number of rotatable bonds is 5. The molecule has 0 heterocycles. The number of hydrogen-bond acceptors (Lipinski definition) is 3. The predicted octanol–water partition coefficient (Wildman–Crippen LogP) is 2.82. The van der Waals surface area contributed by atoms with Gasteiger partial charge in [0.15, 0.2) is 0 Å². The third-order valence-corrected chi connectivity index (χ3v) is 3.15. The Balaban J connectivity index is 1.94. The van der Waals surface area contributed by atoms with E-state index in [0.29, 0.717) is 17.8 Å². The molecule has 2 rings (SSSR count). The Kier molecular flexibility index (Phi) is 4.53. The predicted molar refractivity (Wildman–Crippen MR) is 82.6 cm³/mol. The van der Waals surface area contributed by atoms with Gasteiger partial charge in [0.2, 0.25) is 0 Å². The summed E-state index contributed by atoms with van der Waals surface area (Å²) in [5.41, 5.74) is 7.45. The van der Waals surface area contributed by atoms with Gasteiger partial charge < -0.3 is 16.2 Å². The minimum Gasteiger partial charge on any atom is -0.508 e. The average molecular weight is 290 g/mol. The molecule has 0 aromatic heterocycles. The van der Waals surface area contributed by atoms with Gasteiger partial charge in [-0.3, -0.25) is 0 Å². The molecule has 2 aromatic rings. The summed E-state index contributed by atoms with van der Waals surface area (Å²) in [5.74, 6) is -0.137. The van der Waals surface area contributed by atoms with Crippen LogP contribution >= 0.6 is 12.2 Å². The summed E-state index contributed by atoms with van der Waals surface area (Å²) in [5, 5.41) is 12.2. The smallest absolute Gasteiger partial charge is 0.146 e. The Morgan fingerprint density at radius 2 is 1.90 bits per heavy atom. The van der Waals surface area contributed by atoms with Crippen LogP contribution in [0.15, 0.2) is 42.5 Å². The number of thiocarbonyl (C=S) groups is 1. The monoisotopic (exact) mass is 290 g/mol. The summed E-state index contributed by atoms with van der Waals surface area (Å²) in [6.07, 6.45) is 0.733. The second-order valence-electron chi connectivity index (χ2n) is 4.40. The molecule has 0 bridgehead atoms. The highest BCUT2D eigenvalue weighted by Gasteiger charge is 2.04. The lowest BCUT2D eigenvalue weighted by atomic mass is 10.1. The van der Waals surface area contributed by atoms with Crippen LogP contribution in [0.4, 0.5) is 10.1 Å². The molecule has 0 amide bonds. The molecule has 0 atom stereocenters. The Morgan fingerprint density at radius 3 is 2.50 bits per heavy atom. The van der Waals surface area contributed by atoms with E-state index in [1.165, 1.54) is 6.07 Å². The van der Waals surface area contributed by atoms with Gasteiger partial charge in [0.1, 0.15) is 16.6 Å². The fourth-order valence-corrected chi connectivity index (χ4v) is 1.94. The van der Waals surface area contributed by atoms with Gasteiger partial charge in [0.25, 0.3) is 0 Å². The SMILES string of the molecule is NC(=S)c1ccc(NCCc2ccc(O)cc2)c(F)c1. The zero-order valence-electron chi connectivity index (χ0n) is 10.8. The van der Waals surface area contributed by atoms with E-state index in [1.54, 1.807) is 24.3 Å². The van der Waals surface area contributed by atoms with E-state index >= 15 is 0 Å². The van der Waals surface area contributed by atoms with Crippen LogP contribution < -0.4 is 11.1 Å². The molecule has 0 unspecified atom stereocenters. The van der Waals surface area contributed by atoms with E-state index in [9.17, 15) is 9.50 Å². The number of aromatic hydroxyl groups is 1. The first-order valence-corrected chi connectivity index (χ1v) is 6.58. The van der Waals surface area contributed by atoms with Crippen molar-refractivity contribution < 1.29 is 9.50 Å². The first-order valence-electron chi connectivity index (χ1n) is 6.17. The number of halogens is 1. The molecule has 4 N–H and O–H groups in total. The summed E-state index contributed by atoms with van der Waals surface area (Å²) in [7, 11) is 0. The van der Waals surface area contributed by atoms with Crippen LogP contribution in [0.5, 0.6) is 5.75 Å². The van der Waals surface area contributed by atoms with Crippen molar-refractivity contribution in [2.24, 2.45) is 5.73 Å². The largest absolute Gasteiger partial charge is 0.508 e. The quantitative estimate of drug-likeness (QED) is 0.741. The molecule has 0 aliphatic heterocycles. The molecule has 3 nitrogen and oxygen atoms in total. The molecule has 104 valence electrons. The molecule has 20 heavy (non-hydrogen) atoms. The zero-order valence-corrected chi connectivity index (χ0v) is 11.6. The van der Waals surface area contributed by atoms with Gasteiger partial charge in [-0.15, -0.1) is 0 Å². The topological polar surface area (TPSA) is 58.3 Å². The maximum absolute atomic E-state index is 13.8. The lowest BCUT2D eigenvalue weighted by molar-refractivity contribution is 0.475. The number of nitrogens with one attached hydrogen (secondary N) is 1. The number of phenols is 1. The van der Waals surface area contributed by atoms with Crippen molar-refractivity contribution >= 4 is 22.9 Å². The molecule has 0 saturated heterocycles.